The van der Waals surface area contributed by atoms with E-state index in [1.165, 1.54) is 0 Å². The number of anilines is 1. The van der Waals surface area contributed by atoms with Gasteiger partial charge in [-0.3, -0.25) is 0 Å². The Hall–Kier alpha value is -3.00. The molecular weight excluding hydrogens is 684 g/mol. The molecule has 0 aliphatic carbocycles. The topological polar surface area (TPSA) is 58.5 Å². The zero-order valence-electron chi connectivity index (χ0n) is 25.2. The molecule has 1 aliphatic rings. The molecule has 0 spiro atoms. The summed E-state index contributed by atoms with van der Waals surface area (Å²) in [5.74, 6) is 0. The number of sulfone groups is 1. The number of benzene rings is 4. The summed E-state index contributed by atoms with van der Waals surface area (Å²) in [6, 6.07) is 31.1. The molecule has 43 heavy (non-hydrogen) atoms. The highest BCUT2D eigenvalue weighted by atomic mass is 79.9. The Kier molecular flexibility index (Phi) is 8.64. The van der Waals surface area contributed by atoms with E-state index in [0.717, 1.165) is 25.8 Å². The molecule has 0 radical (unpaired) electrons. The summed E-state index contributed by atoms with van der Waals surface area (Å²) in [5, 5.41) is 2.49. The number of hydrogen-bond donors (Lipinski definition) is 1. The first-order valence-electron chi connectivity index (χ1n) is 14.2. The Morgan fingerprint density at radius 2 is 1.12 bits per heavy atom. The van der Waals surface area contributed by atoms with E-state index in [9.17, 15) is 8.42 Å². The third kappa shape index (κ3) is 6.74. The van der Waals surface area contributed by atoms with E-state index in [0.29, 0.717) is 28.2 Å². The first-order chi connectivity index (χ1) is 20.1. The third-order valence-electron chi connectivity index (χ3n) is 7.61. The Bertz CT molecular complexity index is 1790. The second-order valence-corrected chi connectivity index (χ2v) is 16.7. The van der Waals surface area contributed by atoms with Gasteiger partial charge in [0.2, 0.25) is 0 Å². The van der Waals surface area contributed by atoms with Gasteiger partial charge in [0.05, 0.1) is 17.1 Å². The summed E-state index contributed by atoms with van der Waals surface area (Å²) < 4.78 is 31.4. The van der Waals surface area contributed by atoms with Crippen molar-refractivity contribution in [2.24, 2.45) is 4.99 Å². The van der Waals surface area contributed by atoms with E-state index >= 15 is 0 Å². The Morgan fingerprint density at radius 3 is 1.60 bits per heavy atom. The average molecular weight is 721 g/mol. The van der Waals surface area contributed by atoms with E-state index in [1.54, 1.807) is 0 Å². The zero-order valence-corrected chi connectivity index (χ0v) is 29.2. The van der Waals surface area contributed by atoms with Crippen LogP contribution in [-0.4, -0.2) is 14.1 Å². The van der Waals surface area contributed by atoms with Gasteiger partial charge in [0, 0.05) is 14.6 Å². The quantitative estimate of drug-likeness (QED) is 0.223. The van der Waals surface area contributed by atoms with Gasteiger partial charge in [-0.15, -0.1) is 0 Å². The van der Waals surface area contributed by atoms with Crippen LogP contribution in [0.1, 0.15) is 69.0 Å². The molecule has 0 bridgehead atoms. The molecule has 1 heterocycles. The fourth-order valence-electron chi connectivity index (χ4n) is 5.15. The first-order valence-corrected chi connectivity index (χ1v) is 17.3. The number of nitrogens with one attached hydrogen (secondary N) is 1. The van der Waals surface area contributed by atoms with Crippen molar-refractivity contribution in [3.63, 3.8) is 0 Å². The van der Waals surface area contributed by atoms with Crippen LogP contribution in [-0.2, 0) is 20.7 Å². The summed E-state index contributed by atoms with van der Waals surface area (Å²) in [4.78, 5) is 5.29. The van der Waals surface area contributed by atoms with Crippen LogP contribution >= 0.6 is 31.9 Å². The number of nitrogens with zero attached hydrogens (tertiary/aromatic N) is 1. The monoisotopic (exact) mass is 718 g/mol. The minimum Gasteiger partial charge on any atom is -0.353 e. The standard InChI is InChI=1S/C36H36Br2N2O2S/c1-35(2,3)25-11-7-23(8-12-25)33-31(39-29-19-15-27(37)16-20-29)32(40-30-21-17-28(38)18-22-30)34(43(33,41)42)24-9-13-26(14-10-24)36(4,5)6/h7-22,33,40H,1-6H3. The summed E-state index contributed by atoms with van der Waals surface area (Å²) in [5.41, 5.74) is 5.84. The van der Waals surface area contributed by atoms with Crippen molar-refractivity contribution >= 4 is 63.7 Å². The molecule has 1 atom stereocenters. The van der Waals surface area contributed by atoms with Gasteiger partial charge in [-0.1, -0.05) is 122 Å². The van der Waals surface area contributed by atoms with E-state index in [4.69, 9.17) is 4.99 Å². The van der Waals surface area contributed by atoms with Crippen molar-refractivity contribution in [2.45, 2.75) is 57.6 Å². The number of halogens is 2. The molecule has 1 N–H and O–H groups in total. The van der Waals surface area contributed by atoms with Gasteiger partial charge in [-0.2, -0.15) is 0 Å². The van der Waals surface area contributed by atoms with Crippen LogP contribution in [0.15, 0.2) is 117 Å². The van der Waals surface area contributed by atoms with E-state index in [-0.39, 0.29) is 15.7 Å². The number of hydrogen-bond acceptors (Lipinski definition) is 4. The average Bonchev–Trinajstić information content (AvgIpc) is 3.15. The summed E-state index contributed by atoms with van der Waals surface area (Å²) in [7, 11) is -3.92. The predicted octanol–water partition coefficient (Wildman–Crippen LogP) is 10.5. The van der Waals surface area contributed by atoms with Gasteiger partial charge in [-0.25, -0.2) is 13.4 Å². The summed E-state index contributed by atoms with van der Waals surface area (Å²) in [6.07, 6.45) is 0. The Morgan fingerprint density at radius 1 is 0.651 bits per heavy atom. The van der Waals surface area contributed by atoms with Crippen molar-refractivity contribution in [3.8, 4) is 0 Å². The zero-order chi connectivity index (χ0) is 31.2. The molecule has 0 fully saturated rings. The SMILES string of the molecule is CC(C)(C)c1ccc(C2=C(Nc3ccc(Br)cc3)C(=Nc3ccc(Br)cc3)C(c3ccc(C(C)(C)C)cc3)S2(=O)=O)cc1. The maximum absolute atomic E-state index is 14.8. The second-order valence-electron chi connectivity index (χ2n) is 12.9. The molecule has 4 aromatic rings. The molecule has 4 aromatic carbocycles. The van der Waals surface area contributed by atoms with E-state index in [1.807, 2.05) is 97.1 Å². The fraction of sp³-hybridized carbons (Fsp3) is 0.250. The summed E-state index contributed by atoms with van der Waals surface area (Å²) >= 11 is 7.01. The van der Waals surface area contributed by atoms with Crippen molar-refractivity contribution in [3.05, 3.63) is 134 Å². The van der Waals surface area contributed by atoms with Gasteiger partial charge >= 0.3 is 0 Å². The van der Waals surface area contributed by atoms with Gasteiger partial charge in [0.25, 0.3) is 0 Å². The number of aliphatic imine (C=N–C) groups is 1. The molecule has 222 valence electrons. The maximum atomic E-state index is 14.8. The molecule has 1 unspecified atom stereocenters. The lowest BCUT2D eigenvalue weighted by molar-refractivity contribution is 0.589. The van der Waals surface area contributed by atoms with Crippen LogP contribution < -0.4 is 5.32 Å². The summed E-state index contributed by atoms with van der Waals surface area (Å²) in [6.45, 7) is 12.9. The van der Waals surface area contributed by atoms with Crippen molar-refractivity contribution in [1.82, 2.24) is 0 Å². The molecule has 0 saturated carbocycles. The minimum absolute atomic E-state index is 0.0616. The molecular formula is C36H36Br2N2O2S. The molecule has 5 rings (SSSR count). The lowest BCUT2D eigenvalue weighted by atomic mass is 9.86. The predicted molar refractivity (Wildman–Crippen MR) is 188 cm³/mol. The highest BCUT2D eigenvalue weighted by Crippen LogP contribution is 2.46. The van der Waals surface area contributed by atoms with Crippen molar-refractivity contribution < 1.29 is 8.42 Å². The van der Waals surface area contributed by atoms with Crippen LogP contribution in [0.3, 0.4) is 0 Å². The number of rotatable bonds is 5. The molecule has 7 heteroatoms. The van der Waals surface area contributed by atoms with Crippen LogP contribution in [0.25, 0.3) is 4.91 Å². The van der Waals surface area contributed by atoms with Crippen LogP contribution in [0, 0.1) is 0 Å². The smallest absolute Gasteiger partial charge is 0.193 e. The Balaban J connectivity index is 1.77. The molecule has 0 aromatic heterocycles. The number of allylic oxidation sites excluding steroid dienone is 1. The lowest BCUT2D eigenvalue weighted by Gasteiger charge is -2.21. The maximum Gasteiger partial charge on any atom is 0.193 e. The molecule has 1 aliphatic heterocycles. The first kappa shape index (κ1) is 31.4. The van der Waals surface area contributed by atoms with E-state index in [2.05, 4.69) is 78.7 Å². The van der Waals surface area contributed by atoms with Gasteiger partial charge in [0.15, 0.2) is 9.84 Å². The van der Waals surface area contributed by atoms with Crippen LogP contribution in [0.2, 0.25) is 0 Å². The molecule has 4 nitrogen and oxygen atoms in total. The third-order valence-corrected chi connectivity index (χ3v) is 10.8. The highest BCUT2D eigenvalue weighted by Gasteiger charge is 2.46. The van der Waals surface area contributed by atoms with Crippen LogP contribution in [0.4, 0.5) is 11.4 Å². The highest BCUT2D eigenvalue weighted by molar-refractivity contribution is 9.10. The van der Waals surface area contributed by atoms with Crippen molar-refractivity contribution in [1.29, 1.82) is 0 Å². The van der Waals surface area contributed by atoms with E-state index < -0.39 is 15.1 Å². The minimum atomic E-state index is -3.92. The molecule has 0 saturated heterocycles. The largest absolute Gasteiger partial charge is 0.353 e. The van der Waals surface area contributed by atoms with Gasteiger partial charge < -0.3 is 5.32 Å². The normalized spacial score (nSPS) is 17.9. The fourth-order valence-corrected chi connectivity index (χ4v) is 7.80. The Labute approximate surface area is 272 Å². The lowest BCUT2D eigenvalue weighted by Crippen LogP contribution is -2.19. The van der Waals surface area contributed by atoms with Crippen molar-refractivity contribution in [2.75, 3.05) is 5.32 Å². The molecule has 0 amide bonds. The second kappa shape index (κ2) is 11.8. The van der Waals surface area contributed by atoms with Gasteiger partial charge in [0.1, 0.15) is 10.2 Å². The van der Waals surface area contributed by atoms with Gasteiger partial charge in [-0.05, 0) is 81.6 Å². The van der Waals surface area contributed by atoms with Crippen LogP contribution in [0.5, 0.6) is 0 Å².